The number of hydrogen-bond donors (Lipinski definition) is 2. The fourth-order valence-electron chi connectivity index (χ4n) is 1.64. The Hall–Kier alpha value is -0.520. The highest BCUT2D eigenvalue weighted by Crippen LogP contribution is 2.22. The molecule has 1 saturated heterocycles. The summed E-state index contributed by atoms with van der Waals surface area (Å²) < 4.78 is 5.26. The summed E-state index contributed by atoms with van der Waals surface area (Å²) in [4.78, 5) is 12.3. The van der Waals surface area contributed by atoms with Crippen molar-refractivity contribution >= 4 is 18.5 Å². The largest absolute Gasteiger partial charge is 0.465 e. The first kappa shape index (κ1) is 13.5. The Kier molecular flexibility index (Phi) is 5.18. The Bertz CT molecular complexity index is 197. The summed E-state index contributed by atoms with van der Waals surface area (Å²) in [7, 11) is 0. The average molecular weight is 225 g/mol. The predicted octanol–water partition coefficient (Wildman–Crippen LogP) is 0.526. The van der Waals surface area contributed by atoms with Gasteiger partial charge in [0.1, 0.15) is 0 Å². The van der Waals surface area contributed by atoms with Crippen LogP contribution >= 0.6 is 12.4 Å². The molecule has 0 aromatic heterocycles. The molecule has 3 N–H and O–H groups in total. The Labute approximate surface area is 89.6 Å². The van der Waals surface area contributed by atoms with Gasteiger partial charge in [-0.3, -0.25) is 4.90 Å². The van der Waals surface area contributed by atoms with Gasteiger partial charge in [-0.15, -0.1) is 12.4 Å². The Morgan fingerprint density at radius 2 is 2.36 bits per heavy atom. The van der Waals surface area contributed by atoms with E-state index >= 15 is 0 Å². The van der Waals surface area contributed by atoms with E-state index in [9.17, 15) is 4.79 Å². The van der Waals surface area contributed by atoms with Crippen LogP contribution < -0.4 is 5.73 Å². The second-order valence-electron chi connectivity index (χ2n) is 3.27. The second kappa shape index (κ2) is 5.38. The van der Waals surface area contributed by atoms with Gasteiger partial charge in [0.25, 0.3) is 0 Å². The van der Waals surface area contributed by atoms with Crippen LogP contribution in [0.3, 0.4) is 0 Å². The van der Waals surface area contributed by atoms with E-state index in [0.717, 1.165) is 0 Å². The number of carboxylic acid groups (broad SMARTS) is 1. The van der Waals surface area contributed by atoms with Crippen LogP contribution in [0.4, 0.5) is 4.79 Å². The molecule has 0 saturated carbocycles. The molecule has 0 aromatic rings. The van der Waals surface area contributed by atoms with E-state index in [4.69, 9.17) is 15.6 Å². The smallest absolute Gasteiger partial charge is 0.407 e. The lowest BCUT2D eigenvalue weighted by molar-refractivity contribution is -0.0533. The van der Waals surface area contributed by atoms with Gasteiger partial charge in [-0.25, -0.2) is 4.79 Å². The molecule has 14 heavy (non-hydrogen) atoms. The third-order valence-electron chi connectivity index (χ3n) is 2.67. The number of nitrogens with two attached hydrogens (primary N) is 1. The standard InChI is InChI=1S/C8H16N2O3.ClH/c1-2-8(5-9)6-13-4-3-10(8)7(11)12;/h2-6,9H2,1H3,(H,11,12);1H/t8-;/m0./s1. The highest BCUT2D eigenvalue weighted by Gasteiger charge is 2.39. The van der Waals surface area contributed by atoms with Crippen LogP contribution in [0, 0.1) is 0 Å². The number of ether oxygens (including phenoxy) is 1. The Morgan fingerprint density at radius 1 is 1.71 bits per heavy atom. The summed E-state index contributed by atoms with van der Waals surface area (Å²) >= 11 is 0. The van der Waals surface area contributed by atoms with E-state index in [1.807, 2.05) is 6.92 Å². The first-order valence-electron chi connectivity index (χ1n) is 4.44. The third-order valence-corrected chi connectivity index (χ3v) is 2.67. The fourth-order valence-corrected chi connectivity index (χ4v) is 1.64. The Morgan fingerprint density at radius 3 is 2.71 bits per heavy atom. The first-order valence-corrected chi connectivity index (χ1v) is 4.44. The maximum atomic E-state index is 10.9. The predicted molar refractivity (Wildman–Crippen MR) is 54.9 cm³/mol. The average Bonchev–Trinajstić information content (AvgIpc) is 2.17. The van der Waals surface area contributed by atoms with Crippen molar-refractivity contribution in [3.63, 3.8) is 0 Å². The molecule has 0 aromatic carbocycles. The number of halogens is 1. The van der Waals surface area contributed by atoms with E-state index < -0.39 is 11.6 Å². The van der Waals surface area contributed by atoms with Crippen molar-refractivity contribution in [1.82, 2.24) is 4.90 Å². The number of hydrogen-bond acceptors (Lipinski definition) is 3. The van der Waals surface area contributed by atoms with Gasteiger partial charge >= 0.3 is 6.09 Å². The lowest BCUT2D eigenvalue weighted by atomic mass is 9.94. The van der Waals surface area contributed by atoms with Crippen LogP contribution in [-0.4, -0.2) is 47.9 Å². The van der Waals surface area contributed by atoms with Crippen molar-refractivity contribution in [2.75, 3.05) is 26.3 Å². The van der Waals surface area contributed by atoms with Gasteiger partial charge in [0.05, 0.1) is 18.8 Å². The van der Waals surface area contributed by atoms with Crippen LogP contribution in [-0.2, 0) is 4.74 Å². The lowest BCUT2D eigenvalue weighted by Crippen LogP contribution is -2.62. The van der Waals surface area contributed by atoms with Crippen LogP contribution in [0.1, 0.15) is 13.3 Å². The molecule has 1 rings (SSSR count). The molecule has 1 atom stereocenters. The molecule has 0 bridgehead atoms. The van der Waals surface area contributed by atoms with Gasteiger partial charge in [-0.2, -0.15) is 0 Å². The molecule has 0 radical (unpaired) electrons. The van der Waals surface area contributed by atoms with Crippen LogP contribution in [0.25, 0.3) is 0 Å². The summed E-state index contributed by atoms with van der Waals surface area (Å²) in [6.45, 7) is 3.54. The van der Waals surface area contributed by atoms with Gasteiger partial charge < -0.3 is 15.6 Å². The fraction of sp³-hybridized carbons (Fsp3) is 0.875. The minimum Gasteiger partial charge on any atom is -0.465 e. The molecule has 0 unspecified atom stereocenters. The van der Waals surface area contributed by atoms with Crippen LogP contribution in [0.5, 0.6) is 0 Å². The molecule has 6 heteroatoms. The minimum absolute atomic E-state index is 0. The summed E-state index contributed by atoms with van der Waals surface area (Å²) in [5, 5.41) is 8.95. The molecule has 5 nitrogen and oxygen atoms in total. The van der Waals surface area contributed by atoms with E-state index in [-0.39, 0.29) is 12.4 Å². The van der Waals surface area contributed by atoms with Crippen molar-refractivity contribution in [2.45, 2.75) is 18.9 Å². The monoisotopic (exact) mass is 224 g/mol. The van der Waals surface area contributed by atoms with Gasteiger partial charge in [-0.1, -0.05) is 6.92 Å². The van der Waals surface area contributed by atoms with Crippen molar-refractivity contribution in [1.29, 1.82) is 0 Å². The number of nitrogens with zero attached hydrogens (tertiary/aromatic N) is 1. The molecule has 1 heterocycles. The topological polar surface area (TPSA) is 75.8 Å². The number of morpholine rings is 1. The quantitative estimate of drug-likeness (QED) is 0.717. The maximum Gasteiger partial charge on any atom is 0.407 e. The van der Waals surface area contributed by atoms with Crippen LogP contribution in [0.2, 0.25) is 0 Å². The molecular formula is C8H17ClN2O3. The van der Waals surface area contributed by atoms with E-state index in [1.54, 1.807) is 0 Å². The molecule has 1 aliphatic heterocycles. The highest BCUT2D eigenvalue weighted by molar-refractivity contribution is 5.85. The number of amides is 1. The second-order valence-corrected chi connectivity index (χ2v) is 3.27. The van der Waals surface area contributed by atoms with E-state index in [2.05, 4.69) is 0 Å². The van der Waals surface area contributed by atoms with E-state index in [1.165, 1.54) is 4.90 Å². The summed E-state index contributed by atoms with van der Waals surface area (Å²) in [5.41, 5.74) is 5.08. The molecule has 0 aliphatic carbocycles. The van der Waals surface area contributed by atoms with E-state index in [0.29, 0.717) is 32.7 Å². The first-order chi connectivity index (χ1) is 6.16. The number of carbonyl (C=O) groups is 1. The van der Waals surface area contributed by atoms with Crippen molar-refractivity contribution in [3.8, 4) is 0 Å². The molecular weight excluding hydrogens is 208 g/mol. The summed E-state index contributed by atoms with van der Waals surface area (Å²) in [6, 6.07) is 0. The lowest BCUT2D eigenvalue weighted by Gasteiger charge is -2.44. The zero-order chi connectivity index (χ0) is 9.90. The minimum atomic E-state index is -0.907. The third kappa shape index (κ3) is 2.29. The Balaban J connectivity index is 0.00000169. The summed E-state index contributed by atoms with van der Waals surface area (Å²) in [5.74, 6) is 0. The zero-order valence-electron chi connectivity index (χ0n) is 8.23. The maximum absolute atomic E-state index is 10.9. The molecule has 0 spiro atoms. The van der Waals surface area contributed by atoms with Crippen molar-refractivity contribution < 1.29 is 14.6 Å². The molecule has 1 fully saturated rings. The van der Waals surface area contributed by atoms with Gasteiger partial charge in [0.2, 0.25) is 0 Å². The molecule has 1 aliphatic rings. The normalized spacial score (nSPS) is 26.9. The summed E-state index contributed by atoms with van der Waals surface area (Å²) in [6.07, 6.45) is -0.217. The van der Waals surface area contributed by atoms with Crippen LogP contribution in [0.15, 0.2) is 0 Å². The van der Waals surface area contributed by atoms with Crippen molar-refractivity contribution in [2.24, 2.45) is 5.73 Å². The zero-order valence-corrected chi connectivity index (χ0v) is 9.05. The molecule has 84 valence electrons. The van der Waals surface area contributed by atoms with Crippen molar-refractivity contribution in [3.05, 3.63) is 0 Å². The highest BCUT2D eigenvalue weighted by atomic mass is 35.5. The SMILES string of the molecule is CC[C@]1(CN)COCCN1C(=O)O.Cl. The van der Waals surface area contributed by atoms with Gasteiger partial charge in [0, 0.05) is 13.1 Å². The van der Waals surface area contributed by atoms with Gasteiger partial charge in [0.15, 0.2) is 0 Å². The molecule has 1 amide bonds. The van der Waals surface area contributed by atoms with Gasteiger partial charge in [-0.05, 0) is 6.42 Å². The number of rotatable bonds is 2.